The molecule has 0 saturated carbocycles. The van der Waals surface area contributed by atoms with Gasteiger partial charge in [-0.15, -0.1) is 0 Å². The van der Waals surface area contributed by atoms with E-state index >= 15 is 0 Å². The highest BCUT2D eigenvalue weighted by molar-refractivity contribution is 5.90. The van der Waals surface area contributed by atoms with Gasteiger partial charge in [0.2, 0.25) is 0 Å². The Morgan fingerprint density at radius 3 is 2.42 bits per heavy atom. The maximum absolute atomic E-state index is 13.2. The van der Waals surface area contributed by atoms with Crippen LogP contribution < -0.4 is 15.1 Å². The Labute approximate surface area is 192 Å². The van der Waals surface area contributed by atoms with E-state index in [4.69, 9.17) is 19.0 Å². The molecule has 0 radical (unpaired) electrons. The number of nitrogens with zero attached hydrogens (tertiary/aromatic N) is 2. The second-order valence-corrected chi connectivity index (χ2v) is 8.24. The van der Waals surface area contributed by atoms with Gasteiger partial charge in [0.25, 0.3) is 0 Å². The van der Waals surface area contributed by atoms with Crippen LogP contribution in [0.25, 0.3) is 22.1 Å². The molecule has 1 aliphatic rings. The molecule has 1 saturated heterocycles. The molecule has 1 aliphatic heterocycles. The summed E-state index contributed by atoms with van der Waals surface area (Å²) >= 11 is 0. The van der Waals surface area contributed by atoms with Crippen molar-refractivity contribution in [2.24, 2.45) is 0 Å². The van der Waals surface area contributed by atoms with E-state index in [2.05, 4.69) is 9.80 Å². The predicted molar refractivity (Wildman–Crippen MR) is 126 cm³/mol. The summed E-state index contributed by atoms with van der Waals surface area (Å²) < 4.78 is 16.6. The van der Waals surface area contributed by atoms with Crippen LogP contribution >= 0.6 is 0 Å². The van der Waals surface area contributed by atoms with Crippen LogP contribution in [0.1, 0.15) is 11.1 Å². The minimum Gasteiger partial charge on any atom is -0.507 e. The van der Waals surface area contributed by atoms with Gasteiger partial charge in [-0.05, 0) is 36.8 Å². The standard InChI is InChI=1S/C25H30N2O6/c1-16-18-6-7-21(29)20(15-27-10-8-26(9-11-27)12-13-28)24(18)33-25(30)23(16)19-5-4-17(31-2)14-22(19)32-3/h4-7,14,28-29H,8-13,15H2,1-3H3. The van der Waals surface area contributed by atoms with Gasteiger partial charge in [0.05, 0.1) is 32.0 Å². The van der Waals surface area contributed by atoms with Crippen molar-refractivity contribution in [3.8, 4) is 28.4 Å². The molecule has 1 aromatic heterocycles. The lowest BCUT2D eigenvalue weighted by Crippen LogP contribution is -2.46. The average Bonchev–Trinajstić information content (AvgIpc) is 2.82. The lowest BCUT2D eigenvalue weighted by molar-refractivity contribution is 0.108. The first kappa shape index (κ1) is 23.1. The van der Waals surface area contributed by atoms with Gasteiger partial charge >= 0.3 is 5.63 Å². The van der Waals surface area contributed by atoms with E-state index in [1.165, 1.54) is 0 Å². The molecule has 2 heterocycles. The van der Waals surface area contributed by atoms with Gasteiger partial charge in [0.15, 0.2) is 0 Å². The molecule has 33 heavy (non-hydrogen) atoms. The molecule has 0 amide bonds. The first-order valence-corrected chi connectivity index (χ1v) is 11.0. The van der Waals surface area contributed by atoms with E-state index in [1.54, 1.807) is 44.6 Å². The molecule has 0 unspecified atom stereocenters. The Balaban J connectivity index is 1.74. The van der Waals surface area contributed by atoms with Crippen LogP contribution in [0, 0.1) is 6.92 Å². The Morgan fingerprint density at radius 2 is 1.76 bits per heavy atom. The molecule has 0 spiro atoms. The van der Waals surface area contributed by atoms with Crippen molar-refractivity contribution < 1.29 is 24.1 Å². The molecule has 8 nitrogen and oxygen atoms in total. The normalized spacial score (nSPS) is 15.2. The summed E-state index contributed by atoms with van der Waals surface area (Å²) in [5.74, 6) is 1.26. The third kappa shape index (κ3) is 4.55. The third-order valence-electron chi connectivity index (χ3n) is 6.35. The number of fused-ring (bicyclic) bond motifs is 1. The van der Waals surface area contributed by atoms with Gasteiger partial charge in [-0.1, -0.05) is 0 Å². The van der Waals surface area contributed by atoms with Gasteiger partial charge < -0.3 is 24.1 Å². The predicted octanol–water partition coefficient (Wildman–Crippen LogP) is 2.60. The molecule has 0 atom stereocenters. The minimum absolute atomic E-state index is 0.109. The van der Waals surface area contributed by atoms with Crippen LogP contribution in [0.2, 0.25) is 0 Å². The van der Waals surface area contributed by atoms with Gasteiger partial charge in [-0.3, -0.25) is 9.80 Å². The van der Waals surface area contributed by atoms with Crippen molar-refractivity contribution >= 4 is 11.0 Å². The Bertz CT molecular complexity index is 1200. The molecule has 2 N–H and O–H groups in total. The number of phenols is 1. The Kier molecular flexibility index (Phi) is 6.88. The van der Waals surface area contributed by atoms with Crippen LogP contribution in [0.5, 0.6) is 17.2 Å². The molecule has 3 aromatic rings. The number of aryl methyl sites for hydroxylation is 1. The number of benzene rings is 2. The van der Waals surface area contributed by atoms with E-state index in [-0.39, 0.29) is 12.4 Å². The number of aromatic hydroxyl groups is 1. The number of hydrogen-bond donors (Lipinski definition) is 2. The summed E-state index contributed by atoms with van der Waals surface area (Å²) in [6.45, 7) is 6.47. The molecule has 8 heteroatoms. The van der Waals surface area contributed by atoms with E-state index in [9.17, 15) is 9.90 Å². The number of hydrogen-bond acceptors (Lipinski definition) is 8. The van der Waals surface area contributed by atoms with Gasteiger partial charge in [0.1, 0.15) is 22.8 Å². The van der Waals surface area contributed by atoms with Crippen LogP contribution in [0.4, 0.5) is 0 Å². The van der Waals surface area contributed by atoms with Crippen LogP contribution in [-0.4, -0.2) is 73.6 Å². The van der Waals surface area contributed by atoms with Gasteiger partial charge in [-0.2, -0.15) is 0 Å². The van der Waals surface area contributed by atoms with E-state index in [1.807, 2.05) is 6.92 Å². The number of piperazine rings is 1. The molecule has 2 aromatic carbocycles. The summed E-state index contributed by atoms with van der Waals surface area (Å²) in [4.78, 5) is 17.6. The van der Waals surface area contributed by atoms with Crippen LogP contribution in [0.3, 0.4) is 0 Å². The maximum Gasteiger partial charge on any atom is 0.344 e. The second-order valence-electron chi connectivity index (χ2n) is 8.24. The summed E-state index contributed by atoms with van der Waals surface area (Å²) in [7, 11) is 3.12. The zero-order valence-electron chi connectivity index (χ0n) is 19.3. The van der Waals surface area contributed by atoms with Crippen molar-refractivity contribution in [1.82, 2.24) is 9.80 Å². The minimum atomic E-state index is -0.483. The molecule has 176 valence electrons. The van der Waals surface area contributed by atoms with Gasteiger partial charge in [-0.25, -0.2) is 4.79 Å². The SMILES string of the molecule is COc1ccc(-c2c(C)c3ccc(O)c(CN4CCN(CCO)CC4)c3oc2=O)c(OC)c1. The van der Waals surface area contributed by atoms with Crippen LogP contribution in [-0.2, 0) is 6.54 Å². The number of aliphatic hydroxyl groups excluding tert-OH is 1. The highest BCUT2D eigenvalue weighted by Crippen LogP contribution is 2.37. The molecular weight excluding hydrogens is 424 g/mol. The molecule has 0 aliphatic carbocycles. The van der Waals surface area contributed by atoms with E-state index in [0.29, 0.717) is 46.9 Å². The van der Waals surface area contributed by atoms with Crippen molar-refractivity contribution in [2.45, 2.75) is 13.5 Å². The number of ether oxygens (including phenoxy) is 2. The average molecular weight is 455 g/mol. The van der Waals surface area contributed by atoms with E-state index in [0.717, 1.165) is 37.1 Å². The largest absolute Gasteiger partial charge is 0.507 e. The van der Waals surface area contributed by atoms with E-state index < -0.39 is 5.63 Å². The molecule has 1 fully saturated rings. The highest BCUT2D eigenvalue weighted by Gasteiger charge is 2.23. The molecule has 4 rings (SSSR count). The fraction of sp³-hybridized carbons (Fsp3) is 0.400. The Hall–Kier alpha value is -3.07. The fourth-order valence-corrected chi connectivity index (χ4v) is 4.47. The summed E-state index contributed by atoms with van der Waals surface area (Å²) in [6.07, 6.45) is 0. The second kappa shape index (κ2) is 9.82. The quantitative estimate of drug-likeness (QED) is 0.526. The van der Waals surface area contributed by atoms with Gasteiger partial charge in [0, 0.05) is 56.3 Å². The first-order valence-electron chi connectivity index (χ1n) is 11.0. The lowest BCUT2D eigenvalue weighted by Gasteiger charge is -2.34. The highest BCUT2D eigenvalue weighted by atomic mass is 16.5. The van der Waals surface area contributed by atoms with Crippen molar-refractivity contribution in [2.75, 3.05) is 53.6 Å². The smallest absolute Gasteiger partial charge is 0.344 e. The first-order chi connectivity index (χ1) is 16.0. The third-order valence-corrected chi connectivity index (χ3v) is 6.35. The number of phenolic OH excluding ortho intramolecular Hbond substituents is 1. The summed E-state index contributed by atoms with van der Waals surface area (Å²) in [6, 6.07) is 8.74. The topological polar surface area (TPSA) is 95.6 Å². The van der Waals surface area contributed by atoms with Crippen molar-refractivity contribution in [3.05, 3.63) is 51.9 Å². The fourth-order valence-electron chi connectivity index (χ4n) is 4.47. The van der Waals surface area contributed by atoms with Crippen LogP contribution in [0.15, 0.2) is 39.5 Å². The lowest BCUT2D eigenvalue weighted by atomic mass is 9.97. The number of methoxy groups -OCH3 is 2. The molecule has 0 bridgehead atoms. The zero-order valence-corrected chi connectivity index (χ0v) is 19.3. The van der Waals surface area contributed by atoms with Crippen molar-refractivity contribution in [1.29, 1.82) is 0 Å². The van der Waals surface area contributed by atoms with Crippen molar-refractivity contribution in [3.63, 3.8) is 0 Å². The number of rotatable bonds is 7. The number of β-amino-alcohol motifs (C(OH)–C–C–N with tert-alkyl or cyclic N) is 1. The zero-order chi connectivity index (χ0) is 23.5. The Morgan fingerprint density at radius 1 is 1.03 bits per heavy atom. The summed E-state index contributed by atoms with van der Waals surface area (Å²) in [5, 5.41) is 20.5. The number of aliphatic hydroxyl groups is 1. The summed E-state index contributed by atoms with van der Waals surface area (Å²) in [5.41, 5.74) is 2.35. The maximum atomic E-state index is 13.2. The molecular formula is C25H30N2O6. The monoisotopic (exact) mass is 454 g/mol.